The maximum absolute atomic E-state index is 12.0. The van der Waals surface area contributed by atoms with Crippen LogP contribution in [-0.2, 0) is 24.2 Å². The molecule has 1 amide bonds. The third-order valence-corrected chi connectivity index (χ3v) is 4.82. The minimum atomic E-state index is 0.178. The van der Waals surface area contributed by atoms with Gasteiger partial charge in [0.25, 0.3) is 0 Å². The van der Waals surface area contributed by atoms with Crippen molar-refractivity contribution in [3.05, 3.63) is 40.1 Å². The van der Waals surface area contributed by atoms with Crippen molar-refractivity contribution in [2.45, 2.75) is 51.6 Å². The van der Waals surface area contributed by atoms with Gasteiger partial charge in [-0.15, -0.1) is 11.3 Å². The van der Waals surface area contributed by atoms with Gasteiger partial charge in [0, 0.05) is 36.5 Å². The molecule has 0 spiro atoms. The van der Waals surface area contributed by atoms with Crippen LogP contribution in [0, 0.1) is 6.92 Å². The lowest BCUT2D eigenvalue weighted by Gasteiger charge is -2.24. The molecule has 2 aromatic rings. The van der Waals surface area contributed by atoms with Crippen LogP contribution >= 0.6 is 11.3 Å². The zero-order valence-electron chi connectivity index (χ0n) is 12.3. The number of carbonyl (C=O) groups excluding carboxylic acids is 1. The van der Waals surface area contributed by atoms with Crippen LogP contribution < -0.4 is 5.32 Å². The summed E-state index contributed by atoms with van der Waals surface area (Å²) in [6, 6.07) is 4.44. The largest absolute Gasteiger partial charge is 0.352 e. The maximum atomic E-state index is 12.0. The summed E-state index contributed by atoms with van der Waals surface area (Å²) >= 11 is 1.76. The number of aromatic nitrogens is 2. The van der Waals surface area contributed by atoms with Crippen molar-refractivity contribution in [2.75, 3.05) is 0 Å². The lowest BCUT2D eigenvalue weighted by molar-refractivity contribution is -0.122. The highest BCUT2D eigenvalue weighted by Gasteiger charge is 2.20. The Morgan fingerprint density at radius 1 is 1.57 bits per heavy atom. The first-order valence-electron chi connectivity index (χ1n) is 7.55. The highest BCUT2D eigenvalue weighted by Crippen LogP contribution is 2.16. The van der Waals surface area contributed by atoms with E-state index >= 15 is 0 Å². The summed E-state index contributed by atoms with van der Waals surface area (Å²) in [5.41, 5.74) is 1.06. The molecule has 4 nitrogen and oxygen atoms in total. The van der Waals surface area contributed by atoms with Crippen LogP contribution in [0.2, 0.25) is 0 Å². The number of nitrogens with zero attached hydrogens (tertiary/aromatic N) is 2. The Kier molecular flexibility index (Phi) is 4.39. The van der Waals surface area contributed by atoms with Crippen LogP contribution in [0.5, 0.6) is 0 Å². The Bertz CT molecular complexity index is 603. The fourth-order valence-electron chi connectivity index (χ4n) is 2.88. The molecule has 0 radical (unpaired) electrons. The molecule has 2 aromatic heterocycles. The van der Waals surface area contributed by atoms with Gasteiger partial charge in [0.1, 0.15) is 5.82 Å². The quantitative estimate of drug-likeness (QED) is 0.923. The van der Waals surface area contributed by atoms with Gasteiger partial charge >= 0.3 is 0 Å². The molecular weight excluding hydrogens is 282 g/mol. The standard InChI is InChI=1S/C16H21N3OS/c1-12-10-19-11-13(7-8-15(19)17-12)18-16(20)6-2-4-14-5-3-9-21-14/h3,5,9-10,13H,2,4,6-8,11H2,1H3,(H,18,20). The van der Waals surface area contributed by atoms with Crippen LogP contribution in [0.25, 0.3) is 0 Å². The number of imidazole rings is 1. The molecule has 3 rings (SSSR count). The van der Waals surface area contributed by atoms with Gasteiger partial charge in [-0.3, -0.25) is 4.79 Å². The van der Waals surface area contributed by atoms with E-state index in [4.69, 9.17) is 0 Å². The Hall–Kier alpha value is -1.62. The Balaban J connectivity index is 1.43. The van der Waals surface area contributed by atoms with E-state index in [0.29, 0.717) is 6.42 Å². The molecule has 1 unspecified atom stereocenters. The summed E-state index contributed by atoms with van der Waals surface area (Å²) < 4.78 is 2.18. The topological polar surface area (TPSA) is 46.9 Å². The van der Waals surface area contributed by atoms with E-state index in [9.17, 15) is 4.79 Å². The summed E-state index contributed by atoms with van der Waals surface area (Å²) in [6.07, 6.45) is 6.56. The molecule has 0 fully saturated rings. The van der Waals surface area contributed by atoms with Crippen molar-refractivity contribution >= 4 is 17.2 Å². The smallest absolute Gasteiger partial charge is 0.220 e. The molecule has 1 aliphatic heterocycles. The molecule has 1 atom stereocenters. The first-order chi connectivity index (χ1) is 10.2. The number of amides is 1. The summed E-state index contributed by atoms with van der Waals surface area (Å²) in [7, 11) is 0. The van der Waals surface area contributed by atoms with E-state index in [-0.39, 0.29) is 11.9 Å². The molecule has 0 aromatic carbocycles. The third kappa shape index (κ3) is 3.73. The van der Waals surface area contributed by atoms with Gasteiger partial charge in [0.2, 0.25) is 5.91 Å². The lowest BCUT2D eigenvalue weighted by Crippen LogP contribution is -2.40. The average Bonchev–Trinajstić information content (AvgIpc) is 3.06. The highest BCUT2D eigenvalue weighted by atomic mass is 32.1. The third-order valence-electron chi connectivity index (χ3n) is 3.89. The number of nitrogens with one attached hydrogen (secondary N) is 1. The fraction of sp³-hybridized carbons (Fsp3) is 0.500. The van der Waals surface area contributed by atoms with E-state index in [1.807, 2.05) is 6.92 Å². The first kappa shape index (κ1) is 14.3. The molecule has 21 heavy (non-hydrogen) atoms. The second-order valence-electron chi connectivity index (χ2n) is 5.69. The zero-order chi connectivity index (χ0) is 14.7. The number of fused-ring (bicyclic) bond motifs is 1. The Labute approximate surface area is 129 Å². The molecule has 0 saturated carbocycles. The van der Waals surface area contributed by atoms with E-state index < -0.39 is 0 Å². The van der Waals surface area contributed by atoms with Crippen LogP contribution in [0.3, 0.4) is 0 Å². The van der Waals surface area contributed by atoms with Crippen molar-refractivity contribution < 1.29 is 4.79 Å². The summed E-state index contributed by atoms with van der Waals surface area (Å²) in [5.74, 6) is 1.33. The molecule has 3 heterocycles. The van der Waals surface area contributed by atoms with Crippen molar-refractivity contribution in [1.82, 2.24) is 14.9 Å². The zero-order valence-corrected chi connectivity index (χ0v) is 13.2. The number of carbonyl (C=O) groups is 1. The van der Waals surface area contributed by atoms with E-state index in [0.717, 1.165) is 43.7 Å². The van der Waals surface area contributed by atoms with Crippen LogP contribution in [-0.4, -0.2) is 21.5 Å². The van der Waals surface area contributed by atoms with E-state index in [1.54, 1.807) is 11.3 Å². The summed E-state index contributed by atoms with van der Waals surface area (Å²) in [5, 5.41) is 5.25. The molecular formula is C16H21N3OS. The minimum absolute atomic E-state index is 0.178. The molecule has 1 N–H and O–H groups in total. The number of hydrogen-bond donors (Lipinski definition) is 1. The van der Waals surface area contributed by atoms with E-state index in [1.165, 1.54) is 4.88 Å². The van der Waals surface area contributed by atoms with Gasteiger partial charge in [-0.2, -0.15) is 0 Å². The minimum Gasteiger partial charge on any atom is -0.352 e. The van der Waals surface area contributed by atoms with Gasteiger partial charge in [0.15, 0.2) is 0 Å². The monoisotopic (exact) mass is 303 g/mol. The Morgan fingerprint density at radius 2 is 2.48 bits per heavy atom. The molecule has 112 valence electrons. The predicted octanol–water partition coefficient (Wildman–Crippen LogP) is 2.71. The van der Waals surface area contributed by atoms with Gasteiger partial charge in [-0.05, 0) is 37.6 Å². The van der Waals surface area contributed by atoms with Crippen molar-refractivity contribution in [3.8, 4) is 0 Å². The lowest BCUT2D eigenvalue weighted by atomic mass is 10.1. The van der Waals surface area contributed by atoms with Crippen LogP contribution in [0.1, 0.15) is 35.7 Å². The van der Waals surface area contributed by atoms with Gasteiger partial charge in [0.05, 0.1) is 5.69 Å². The SMILES string of the molecule is Cc1cn2c(n1)CCC(NC(=O)CCCc1cccs1)C2. The van der Waals surface area contributed by atoms with Crippen molar-refractivity contribution in [3.63, 3.8) is 0 Å². The van der Waals surface area contributed by atoms with Gasteiger partial charge < -0.3 is 9.88 Å². The van der Waals surface area contributed by atoms with Gasteiger partial charge in [-0.25, -0.2) is 4.98 Å². The Morgan fingerprint density at radius 3 is 3.29 bits per heavy atom. The van der Waals surface area contributed by atoms with Crippen molar-refractivity contribution in [1.29, 1.82) is 0 Å². The molecule has 0 saturated heterocycles. The fourth-order valence-corrected chi connectivity index (χ4v) is 3.63. The number of thiophene rings is 1. The second kappa shape index (κ2) is 6.43. The molecule has 0 aliphatic carbocycles. The van der Waals surface area contributed by atoms with Gasteiger partial charge in [-0.1, -0.05) is 6.07 Å². The predicted molar refractivity (Wildman–Crippen MR) is 84.5 cm³/mol. The average molecular weight is 303 g/mol. The van der Waals surface area contributed by atoms with Crippen LogP contribution in [0.15, 0.2) is 23.7 Å². The van der Waals surface area contributed by atoms with Crippen LogP contribution in [0.4, 0.5) is 0 Å². The second-order valence-corrected chi connectivity index (χ2v) is 6.72. The highest BCUT2D eigenvalue weighted by molar-refractivity contribution is 7.09. The number of hydrogen-bond acceptors (Lipinski definition) is 3. The first-order valence-corrected chi connectivity index (χ1v) is 8.43. The van der Waals surface area contributed by atoms with Crippen molar-refractivity contribution in [2.24, 2.45) is 0 Å². The number of rotatable bonds is 5. The van der Waals surface area contributed by atoms with E-state index in [2.05, 4.69) is 38.6 Å². The summed E-state index contributed by atoms with van der Waals surface area (Å²) in [4.78, 5) is 17.9. The normalized spacial score (nSPS) is 17.5. The maximum Gasteiger partial charge on any atom is 0.220 e. The summed E-state index contributed by atoms with van der Waals surface area (Å²) in [6.45, 7) is 2.87. The molecule has 5 heteroatoms. The molecule has 0 bridgehead atoms. The molecule has 1 aliphatic rings. The number of aryl methyl sites for hydroxylation is 3.